The zero-order valence-corrected chi connectivity index (χ0v) is 15.3. The van der Waals surface area contributed by atoms with Crippen LogP contribution in [-0.2, 0) is 16.1 Å². The number of aromatic nitrogens is 1. The Balaban J connectivity index is 1.63. The molecule has 0 radical (unpaired) electrons. The Hall–Kier alpha value is -2.41. The van der Waals surface area contributed by atoms with Crippen LogP contribution in [0.25, 0.3) is 0 Å². The highest BCUT2D eigenvalue weighted by atomic mass is 79.9. The Kier molecular flexibility index (Phi) is 5.33. The lowest BCUT2D eigenvalue weighted by Gasteiger charge is -2.38. The summed E-state index contributed by atoms with van der Waals surface area (Å²) in [5, 5.41) is 0. The number of carbonyl (C=O) groups is 2. The summed E-state index contributed by atoms with van der Waals surface area (Å²) in [6.07, 6.45) is -0.480. The van der Waals surface area contributed by atoms with E-state index in [2.05, 4.69) is 20.9 Å². The molecule has 3 rings (SSSR count). The summed E-state index contributed by atoms with van der Waals surface area (Å²) in [6, 6.07) is 14.7. The van der Waals surface area contributed by atoms with Crippen LogP contribution < -0.4 is 4.90 Å². The molecule has 25 heavy (non-hydrogen) atoms. The fourth-order valence-electron chi connectivity index (χ4n) is 2.67. The second kappa shape index (κ2) is 7.65. The van der Waals surface area contributed by atoms with Crippen molar-refractivity contribution in [2.75, 3.05) is 18.0 Å². The van der Waals surface area contributed by atoms with E-state index in [0.717, 1.165) is 5.56 Å². The lowest BCUT2D eigenvalue weighted by Crippen LogP contribution is -2.57. The van der Waals surface area contributed by atoms with Gasteiger partial charge in [-0.2, -0.15) is 0 Å². The monoisotopic (exact) mass is 403 g/mol. The number of anilines is 1. The van der Waals surface area contributed by atoms with E-state index in [9.17, 15) is 9.59 Å². The van der Waals surface area contributed by atoms with Crippen LogP contribution in [-0.4, -0.2) is 41.0 Å². The fraction of sp³-hybridized carbons (Fsp3) is 0.278. The molecule has 2 heterocycles. The van der Waals surface area contributed by atoms with Gasteiger partial charge in [0.1, 0.15) is 23.6 Å². The van der Waals surface area contributed by atoms with Gasteiger partial charge in [0, 0.05) is 6.54 Å². The molecule has 1 aliphatic rings. The van der Waals surface area contributed by atoms with Crippen molar-refractivity contribution in [2.24, 2.45) is 0 Å². The van der Waals surface area contributed by atoms with Crippen molar-refractivity contribution in [1.29, 1.82) is 0 Å². The first-order chi connectivity index (χ1) is 12.0. The SMILES string of the molecule is C[C@H]1CN(c2cccc(Br)n2)C(=O)CN1C(=O)OCc1ccccc1. The Morgan fingerprint density at radius 3 is 2.72 bits per heavy atom. The molecule has 1 fully saturated rings. The third-order valence-corrected chi connectivity index (χ3v) is 4.44. The summed E-state index contributed by atoms with van der Waals surface area (Å²) in [6.45, 7) is 2.43. The molecule has 1 aliphatic heterocycles. The van der Waals surface area contributed by atoms with Crippen LogP contribution in [0.3, 0.4) is 0 Å². The molecule has 0 N–H and O–H groups in total. The maximum absolute atomic E-state index is 12.5. The summed E-state index contributed by atoms with van der Waals surface area (Å²) >= 11 is 3.31. The van der Waals surface area contributed by atoms with Crippen molar-refractivity contribution in [2.45, 2.75) is 19.6 Å². The predicted molar refractivity (Wildman–Crippen MR) is 97.1 cm³/mol. The molecule has 0 aliphatic carbocycles. The van der Waals surface area contributed by atoms with Crippen molar-refractivity contribution in [3.8, 4) is 0 Å². The van der Waals surface area contributed by atoms with Gasteiger partial charge in [-0.05, 0) is 40.5 Å². The Bertz CT molecular complexity index is 769. The largest absolute Gasteiger partial charge is 0.445 e. The first-order valence-electron chi connectivity index (χ1n) is 7.95. The van der Waals surface area contributed by atoms with Crippen molar-refractivity contribution < 1.29 is 14.3 Å². The highest BCUT2D eigenvalue weighted by Crippen LogP contribution is 2.20. The third-order valence-electron chi connectivity index (χ3n) is 4.00. The van der Waals surface area contributed by atoms with Crippen LogP contribution >= 0.6 is 15.9 Å². The van der Waals surface area contributed by atoms with E-state index in [4.69, 9.17) is 4.74 Å². The minimum Gasteiger partial charge on any atom is -0.445 e. The molecule has 0 unspecified atom stereocenters. The predicted octanol–water partition coefficient (Wildman–Crippen LogP) is 3.22. The van der Waals surface area contributed by atoms with Gasteiger partial charge in [0.15, 0.2) is 0 Å². The Labute approximate surface area is 154 Å². The zero-order valence-electron chi connectivity index (χ0n) is 13.8. The molecule has 0 spiro atoms. The smallest absolute Gasteiger partial charge is 0.410 e. The standard InChI is InChI=1S/C18H18BrN3O3/c1-13-10-22(16-9-5-8-15(19)20-16)17(23)11-21(13)18(24)25-12-14-6-3-2-4-7-14/h2-9,13H,10-12H2,1H3/t13-/m0/s1. The topological polar surface area (TPSA) is 62.7 Å². The average Bonchev–Trinajstić information content (AvgIpc) is 2.62. The molecule has 1 aromatic carbocycles. The molecule has 2 amide bonds. The van der Waals surface area contributed by atoms with E-state index in [0.29, 0.717) is 17.0 Å². The van der Waals surface area contributed by atoms with Crippen LogP contribution in [0.5, 0.6) is 0 Å². The summed E-state index contributed by atoms with van der Waals surface area (Å²) in [7, 11) is 0. The molecular formula is C18H18BrN3O3. The normalized spacial score (nSPS) is 17.5. The number of ether oxygens (including phenoxy) is 1. The highest BCUT2D eigenvalue weighted by molar-refractivity contribution is 9.10. The maximum atomic E-state index is 12.5. The van der Waals surface area contributed by atoms with Crippen molar-refractivity contribution >= 4 is 33.7 Å². The van der Waals surface area contributed by atoms with Gasteiger partial charge in [0.25, 0.3) is 0 Å². The number of pyridine rings is 1. The quantitative estimate of drug-likeness (QED) is 0.738. The lowest BCUT2D eigenvalue weighted by atomic mass is 10.2. The fourth-order valence-corrected chi connectivity index (χ4v) is 3.00. The third kappa shape index (κ3) is 4.17. The minimum atomic E-state index is -0.480. The van der Waals surface area contributed by atoms with Gasteiger partial charge in [-0.1, -0.05) is 36.4 Å². The molecule has 0 bridgehead atoms. The molecule has 6 nitrogen and oxygen atoms in total. The van der Waals surface area contributed by atoms with Crippen LogP contribution in [0, 0.1) is 0 Å². The second-order valence-electron chi connectivity index (χ2n) is 5.84. The first kappa shape index (κ1) is 17.4. The van der Waals surface area contributed by atoms with Crippen LogP contribution in [0.2, 0.25) is 0 Å². The molecule has 130 valence electrons. The van der Waals surface area contributed by atoms with Gasteiger partial charge in [-0.25, -0.2) is 9.78 Å². The van der Waals surface area contributed by atoms with Crippen LogP contribution in [0.15, 0.2) is 53.1 Å². The summed E-state index contributed by atoms with van der Waals surface area (Å²) in [5.41, 5.74) is 0.909. The van der Waals surface area contributed by atoms with Gasteiger partial charge in [-0.15, -0.1) is 0 Å². The molecule has 0 saturated carbocycles. The Morgan fingerprint density at radius 1 is 1.24 bits per heavy atom. The first-order valence-corrected chi connectivity index (χ1v) is 8.74. The zero-order chi connectivity index (χ0) is 17.8. The van der Waals surface area contributed by atoms with Gasteiger partial charge >= 0.3 is 6.09 Å². The van der Waals surface area contributed by atoms with E-state index in [-0.39, 0.29) is 25.1 Å². The molecule has 1 atom stereocenters. The molecule has 2 aromatic rings. The van der Waals surface area contributed by atoms with Crippen LogP contribution in [0.1, 0.15) is 12.5 Å². The van der Waals surface area contributed by atoms with Gasteiger partial charge < -0.3 is 4.74 Å². The van der Waals surface area contributed by atoms with E-state index in [1.807, 2.05) is 43.3 Å². The molecular weight excluding hydrogens is 386 g/mol. The highest BCUT2D eigenvalue weighted by Gasteiger charge is 2.34. The number of rotatable bonds is 3. The van der Waals surface area contributed by atoms with Crippen molar-refractivity contribution in [3.05, 3.63) is 58.7 Å². The number of carbonyl (C=O) groups excluding carboxylic acids is 2. The molecule has 7 heteroatoms. The minimum absolute atomic E-state index is 0.0248. The second-order valence-corrected chi connectivity index (χ2v) is 6.65. The van der Waals surface area contributed by atoms with E-state index in [1.54, 1.807) is 17.0 Å². The number of piperazine rings is 1. The van der Waals surface area contributed by atoms with E-state index >= 15 is 0 Å². The summed E-state index contributed by atoms with van der Waals surface area (Å²) in [4.78, 5) is 32.2. The Morgan fingerprint density at radius 2 is 2.00 bits per heavy atom. The summed E-state index contributed by atoms with van der Waals surface area (Å²) < 4.78 is 6.00. The number of hydrogen-bond acceptors (Lipinski definition) is 4. The maximum Gasteiger partial charge on any atom is 0.410 e. The van der Waals surface area contributed by atoms with Gasteiger partial charge in [-0.3, -0.25) is 14.6 Å². The van der Waals surface area contributed by atoms with Crippen molar-refractivity contribution in [3.63, 3.8) is 0 Å². The average molecular weight is 404 g/mol. The van der Waals surface area contributed by atoms with Crippen molar-refractivity contribution in [1.82, 2.24) is 9.88 Å². The van der Waals surface area contributed by atoms with E-state index < -0.39 is 6.09 Å². The number of halogens is 1. The number of hydrogen-bond donors (Lipinski definition) is 0. The summed E-state index contributed by atoms with van der Waals surface area (Å²) in [5.74, 6) is 0.392. The number of benzene rings is 1. The molecule has 1 aromatic heterocycles. The number of nitrogens with zero attached hydrogens (tertiary/aromatic N) is 3. The number of amides is 2. The molecule has 1 saturated heterocycles. The van der Waals surface area contributed by atoms with Crippen LogP contribution in [0.4, 0.5) is 10.6 Å². The lowest BCUT2D eigenvalue weighted by molar-refractivity contribution is -0.121. The van der Waals surface area contributed by atoms with Gasteiger partial charge in [0.2, 0.25) is 5.91 Å². The van der Waals surface area contributed by atoms with Gasteiger partial charge in [0.05, 0.1) is 6.04 Å². The van der Waals surface area contributed by atoms with E-state index in [1.165, 1.54) is 4.90 Å².